The third-order valence-corrected chi connectivity index (χ3v) is 11.6. The van der Waals surface area contributed by atoms with E-state index in [0.717, 1.165) is 6.92 Å². The van der Waals surface area contributed by atoms with Gasteiger partial charge in [0.1, 0.15) is 30.3 Å². The number of nitrogens with two attached hydrogens (primary N) is 1. The van der Waals surface area contributed by atoms with E-state index < -0.39 is 95.3 Å². The zero-order valence-corrected chi connectivity index (χ0v) is 34.6. The molecule has 0 bridgehead atoms. The molecule has 1 amide bonds. The Balaban J connectivity index is 1.57. The average Bonchev–Trinajstić information content (AvgIpc) is 3.77. The molecule has 0 radical (unpaired) electrons. The number of carbonyl (C=O) groups is 4. The molecule has 3 fully saturated rings. The van der Waals surface area contributed by atoms with Gasteiger partial charge in [-0.1, -0.05) is 38.8 Å². The quantitative estimate of drug-likeness (QED) is 0.207. The number of alkyl halides is 1. The lowest BCUT2D eigenvalue weighted by Crippen LogP contribution is -2.61. The number of esters is 1. The van der Waals surface area contributed by atoms with E-state index in [2.05, 4.69) is 32.3 Å². The topological polar surface area (TPSA) is 228 Å². The number of ether oxygens (including phenoxy) is 5. The number of aliphatic hydroxyl groups excluding tert-OH is 1. The summed E-state index contributed by atoms with van der Waals surface area (Å²) in [5, 5.41) is 18.2. The predicted octanol–water partition coefficient (Wildman–Crippen LogP) is 3.02. The molecule has 3 saturated heterocycles. The van der Waals surface area contributed by atoms with Gasteiger partial charge in [0, 0.05) is 47.8 Å². The SMILES string of the molecule is CC[C@H]1OC(=O)[C@@](C)(F)C(=O)[C@H](C)[C@@H](O[C@@H]2O[C@H](C)C[C@H](N(C)C)[C@H]2O)[C@@](C)(OCC#Cc2cc(-c3cnc(N)nc3)no2)C[C@@H](C)C(=O)[C@H](C)[C@H]2NC(=O)O[C@@]21C. The van der Waals surface area contributed by atoms with Crippen molar-refractivity contribution in [2.45, 2.75) is 134 Å². The maximum atomic E-state index is 16.9. The highest BCUT2D eigenvalue weighted by Crippen LogP contribution is 2.41. The van der Waals surface area contributed by atoms with Crippen LogP contribution < -0.4 is 11.1 Å². The Morgan fingerprint density at radius 2 is 1.76 bits per heavy atom. The molecule has 0 spiro atoms. The van der Waals surface area contributed by atoms with E-state index in [1.165, 1.54) is 26.2 Å². The molecule has 3 aliphatic heterocycles. The van der Waals surface area contributed by atoms with Crippen molar-refractivity contribution < 1.29 is 56.9 Å². The van der Waals surface area contributed by atoms with Gasteiger partial charge < -0.3 is 49.3 Å². The molecule has 58 heavy (non-hydrogen) atoms. The number of cyclic esters (lactones) is 1. The van der Waals surface area contributed by atoms with Crippen LogP contribution in [0.1, 0.15) is 80.4 Å². The molecule has 5 heterocycles. The molecular formula is C40H55FN6O11. The van der Waals surface area contributed by atoms with Gasteiger partial charge in [-0.05, 0) is 67.0 Å². The predicted molar refractivity (Wildman–Crippen MR) is 204 cm³/mol. The molecule has 2 aromatic rings. The van der Waals surface area contributed by atoms with Crippen molar-refractivity contribution >= 4 is 29.6 Å². The van der Waals surface area contributed by atoms with E-state index in [4.69, 9.17) is 33.9 Å². The second-order valence-electron chi connectivity index (χ2n) is 16.4. The lowest BCUT2D eigenvalue weighted by atomic mass is 9.73. The Hall–Kier alpha value is -4.54. The number of nitrogens with zero attached hydrogens (tertiary/aromatic N) is 4. The normalized spacial score (nSPS) is 37.5. The smallest absolute Gasteiger partial charge is 0.408 e. The molecule has 0 saturated carbocycles. The Morgan fingerprint density at radius 1 is 1.09 bits per heavy atom. The summed E-state index contributed by atoms with van der Waals surface area (Å²) in [6.45, 7) is 11.7. The highest BCUT2D eigenvalue weighted by atomic mass is 19.1. The zero-order valence-electron chi connectivity index (χ0n) is 34.6. The molecule has 18 heteroatoms. The van der Waals surface area contributed by atoms with Crippen molar-refractivity contribution in [2.24, 2.45) is 17.8 Å². The third kappa shape index (κ3) is 9.03. The number of nitrogen functional groups attached to an aromatic ring is 1. The fraction of sp³-hybridized carbons (Fsp3) is 0.675. The zero-order chi connectivity index (χ0) is 42.9. The Morgan fingerprint density at radius 3 is 2.40 bits per heavy atom. The molecule has 0 aromatic carbocycles. The first kappa shape index (κ1) is 44.6. The summed E-state index contributed by atoms with van der Waals surface area (Å²) in [5.41, 5.74) is 0.0441. The molecular weight excluding hydrogens is 759 g/mol. The van der Waals surface area contributed by atoms with Crippen molar-refractivity contribution in [3.63, 3.8) is 0 Å². The lowest BCUT2D eigenvalue weighted by molar-refractivity contribution is -0.296. The van der Waals surface area contributed by atoms with E-state index in [1.807, 2.05) is 11.8 Å². The first-order valence-corrected chi connectivity index (χ1v) is 19.4. The monoisotopic (exact) mass is 814 g/mol. The minimum Gasteiger partial charge on any atom is -0.455 e. The number of aromatic nitrogens is 3. The van der Waals surface area contributed by atoms with Crippen LogP contribution in [0.15, 0.2) is 23.0 Å². The second-order valence-corrected chi connectivity index (χ2v) is 16.4. The number of ketones is 2. The summed E-state index contributed by atoms with van der Waals surface area (Å²) < 4.78 is 52.7. The fourth-order valence-corrected chi connectivity index (χ4v) is 8.39. The summed E-state index contributed by atoms with van der Waals surface area (Å²) in [4.78, 5) is 64.9. The standard InChI is InChI=1S/C40H55FN6O11/c1-11-28-40(8)31(45-37(52)57-40)22(4)29(48)20(2)17-38(6,53-14-12-13-25-16-26(46-58-25)24-18-43-36(42)44-19-24)33(23(5)32(50)39(7,41)35(51)55-28)56-34-30(49)27(47(9)10)15-21(3)54-34/h16,18-23,27-28,30-31,33-34,49H,11,14-15,17H2,1-10H3,(H,45,52)(H2,42,43,44)/t20-,21-,22+,23+,27+,28-,30-,31-,33-,34+,38+,39+,40-/m1/s1. The van der Waals surface area contributed by atoms with Crippen LogP contribution in [0.2, 0.25) is 0 Å². The maximum absolute atomic E-state index is 16.9. The molecule has 0 aliphatic carbocycles. The van der Waals surface area contributed by atoms with Crippen LogP contribution >= 0.6 is 0 Å². The van der Waals surface area contributed by atoms with Crippen LogP contribution in [0.5, 0.6) is 0 Å². The third-order valence-electron chi connectivity index (χ3n) is 11.6. The second kappa shape index (κ2) is 17.4. The van der Waals surface area contributed by atoms with Gasteiger partial charge in [0.2, 0.25) is 11.7 Å². The van der Waals surface area contributed by atoms with Crippen molar-refractivity contribution in [3.05, 3.63) is 24.2 Å². The van der Waals surface area contributed by atoms with Crippen LogP contribution in [0.25, 0.3) is 11.3 Å². The van der Waals surface area contributed by atoms with E-state index in [0.29, 0.717) is 17.7 Å². The largest absolute Gasteiger partial charge is 0.455 e. The highest BCUT2D eigenvalue weighted by Gasteiger charge is 2.59. The van der Waals surface area contributed by atoms with Crippen LogP contribution in [0.3, 0.4) is 0 Å². The van der Waals surface area contributed by atoms with Crippen molar-refractivity contribution in [2.75, 3.05) is 26.4 Å². The van der Waals surface area contributed by atoms with Gasteiger partial charge in [0.15, 0.2) is 17.7 Å². The first-order chi connectivity index (χ1) is 27.1. The number of anilines is 1. The summed E-state index contributed by atoms with van der Waals surface area (Å²) in [6.07, 6.45) is -3.13. The molecule has 3 aliphatic rings. The van der Waals surface area contributed by atoms with Crippen molar-refractivity contribution in [1.29, 1.82) is 0 Å². The number of aliphatic hydroxyl groups is 1. The van der Waals surface area contributed by atoms with Gasteiger partial charge in [-0.25, -0.2) is 23.9 Å². The molecule has 0 unspecified atom stereocenters. The van der Waals surface area contributed by atoms with E-state index in [9.17, 15) is 24.3 Å². The lowest BCUT2D eigenvalue weighted by Gasteiger charge is -2.47. The number of halogens is 1. The number of fused-ring (bicyclic) bond motifs is 1. The number of alkyl carbamates (subject to hydrolysis) is 1. The van der Waals surface area contributed by atoms with E-state index in [-0.39, 0.29) is 36.9 Å². The highest BCUT2D eigenvalue weighted by molar-refractivity contribution is 6.08. The molecule has 2 aromatic heterocycles. The molecule has 4 N–H and O–H groups in total. The van der Waals surface area contributed by atoms with Gasteiger partial charge in [-0.3, -0.25) is 9.59 Å². The molecule has 5 rings (SSSR count). The van der Waals surface area contributed by atoms with Gasteiger partial charge in [0.25, 0.3) is 5.67 Å². The average molecular weight is 815 g/mol. The molecule has 17 nitrogen and oxygen atoms in total. The summed E-state index contributed by atoms with van der Waals surface area (Å²) in [7, 11) is 3.59. The summed E-state index contributed by atoms with van der Waals surface area (Å²) >= 11 is 0. The Labute approximate surface area is 337 Å². The van der Waals surface area contributed by atoms with Crippen LogP contribution in [-0.4, -0.2) is 129 Å². The minimum absolute atomic E-state index is 0.0655. The fourth-order valence-electron chi connectivity index (χ4n) is 8.39. The number of hydrogen-bond donors (Lipinski definition) is 3. The van der Waals surface area contributed by atoms with Crippen molar-refractivity contribution in [1.82, 2.24) is 25.3 Å². The minimum atomic E-state index is -3.24. The van der Waals surface area contributed by atoms with Crippen LogP contribution in [0.4, 0.5) is 15.1 Å². The number of likely N-dealkylation sites (N-methyl/N-ethyl adjacent to an activating group) is 1. The van der Waals surface area contributed by atoms with Gasteiger partial charge >= 0.3 is 12.1 Å². The number of carbonyl (C=O) groups excluding carboxylic acids is 4. The Bertz CT molecular complexity index is 1900. The van der Waals surface area contributed by atoms with Gasteiger partial charge in [-0.15, -0.1) is 0 Å². The molecule has 318 valence electrons. The summed E-state index contributed by atoms with van der Waals surface area (Å²) in [5.74, 6) is -0.287. The first-order valence-electron chi connectivity index (χ1n) is 19.4. The summed E-state index contributed by atoms with van der Waals surface area (Å²) in [6, 6.07) is 0.144. The van der Waals surface area contributed by atoms with Crippen LogP contribution in [-0.2, 0) is 38.1 Å². The Kier molecular flexibility index (Phi) is 13.3. The number of hydrogen-bond acceptors (Lipinski definition) is 16. The van der Waals surface area contributed by atoms with Gasteiger partial charge in [-0.2, -0.15) is 0 Å². The molecule has 13 atom stereocenters. The number of nitrogens with one attached hydrogen (secondary N) is 1. The van der Waals surface area contributed by atoms with E-state index >= 15 is 4.39 Å². The van der Waals surface area contributed by atoms with E-state index in [1.54, 1.807) is 47.9 Å². The number of rotatable bonds is 7. The number of amides is 1. The van der Waals surface area contributed by atoms with Crippen LogP contribution in [0, 0.1) is 29.6 Å². The number of Topliss-reactive ketones (excluding diaryl/α,β-unsaturated/α-hetero) is 2. The maximum Gasteiger partial charge on any atom is 0.408 e. The van der Waals surface area contributed by atoms with Gasteiger partial charge in [0.05, 0.1) is 23.9 Å². The van der Waals surface area contributed by atoms with Crippen molar-refractivity contribution in [3.8, 4) is 23.1 Å².